The summed E-state index contributed by atoms with van der Waals surface area (Å²) >= 11 is 0. The van der Waals surface area contributed by atoms with Gasteiger partial charge in [0.05, 0.1) is 16.6 Å². The van der Waals surface area contributed by atoms with E-state index >= 15 is 0 Å². The summed E-state index contributed by atoms with van der Waals surface area (Å²) in [4.78, 5) is 17.5. The van der Waals surface area contributed by atoms with Crippen molar-refractivity contribution in [1.82, 2.24) is 4.98 Å². The van der Waals surface area contributed by atoms with E-state index in [1.807, 2.05) is 30.3 Å². The van der Waals surface area contributed by atoms with Gasteiger partial charge in [-0.15, -0.1) is 0 Å². The summed E-state index contributed by atoms with van der Waals surface area (Å²) in [5.41, 5.74) is 1.68. The first-order valence-electron chi connectivity index (χ1n) is 8.40. The molecule has 0 spiro atoms. The molecule has 4 bridgehead atoms. The molecule has 1 N–H and O–H groups in total. The fraction of sp³-hybridized carbons (Fsp3) is 0.474. The zero-order chi connectivity index (χ0) is 14.7. The van der Waals surface area contributed by atoms with Gasteiger partial charge in [-0.2, -0.15) is 0 Å². The number of pyridine rings is 1. The van der Waals surface area contributed by atoms with E-state index in [1.165, 1.54) is 19.3 Å². The van der Waals surface area contributed by atoms with Crippen LogP contribution in [0.3, 0.4) is 0 Å². The Hall–Kier alpha value is -1.90. The Morgan fingerprint density at radius 1 is 1.09 bits per heavy atom. The van der Waals surface area contributed by atoms with Crippen molar-refractivity contribution in [3.63, 3.8) is 0 Å². The van der Waals surface area contributed by atoms with E-state index in [9.17, 15) is 4.79 Å². The molecule has 4 saturated carbocycles. The number of amides is 1. The van der Waals surface area contributed by atoms with Crippen LogP contribution in [-0.4, -0.2) is 10.9 Å². The maximum Gasteiger partial charge on any atom is 0.230 e. The number of hydrogen-bond donors (Lipinski definition) is 1. The van der Waals surface area contributed by atoms with Crippen LogP contribution < -0.4 is 5.32 Å². The Labute approximate surface area is 130 Å². The smallest absolute Gasteiger partial charge is 0.230 e. The fourth-order valence-electron chi connectivity index (χ4n) is 5.62. The van der Waals surface area contributed by atoms with Gasteiger partial charge >= 0.3 is 0 Å². The zero-order valence-electron chi connectivity index (χ0n) is 12.6. The second-order valence-electron chi connectivity index (χ2n) is 7.54. The number of nitrogens with one attached hydrogen (secondary N) is 1. The molecule has 6 rings (SSSR count). The van der Waals surface area contributed by atoms with Crippen LogP contribution in [-0.2, 0) is 4.79 Å². The van der Waals surface area contributed by atoms with Crippen LogP contribution >= 0.6 is 0 Å². The molecule has 22 heavy (non-hydrogen) atoms. The molecule has 1 amide bonds. The standard InChI is InChI=1S/C19H20N2O/c22-18(19-10-12-7-13(11-19)9-15(19)8-12)21-16-5-1-3-14-4-2-6-20-17(14)16/h1-6,12-13,15H,7-11H2,(H,21,22). The average Bonchev–Trinajstić information content (AvgIpc) is 2.93. The van der Waals surface area contributed by atoms with Crippen molar-refractivity contribution in [3.05, 3.63) is 36.5 Å². The highest BCUT2D eigenvalue weighted by Crippen LogP contribution is 2.65. The molecule has 3 heteroatoms. The number of benzene rings is 1. The monoisotopic (exact) mass is 292 g/mol. The minimum Gasteiger partial charge on any atom is -0.324 e. The van der Waals surface area contributed by atoms with E-state index in [1.54, 1.807) is 6.20 Å². The minimum absolute atomic E-state index is 0.0788. The lowest BCUT2D eigenvalue weighted by atomic mass is 9.75. The van der Waals surface area contributed by atoms with Gasteiger partial charge in [-0.05, 0) is 62.0 Å². The highest BCUT2D eigenvalue weighted by Gasteiger charge is 2.61. The van der Waals surface area contributed by atoms with Crippen LogP contribution in [0.25, 0.3) is 10.9 Å². The largest absolute Gasteiger partial charge is 0.324 e. The highest BCUT2D eigenvalue weighted by molar-refractivity contribution is 6.02. The zero-order valence-corrected chi connectivity index (χ0v) is 12.6. The summed E-state index contributed by atoms with van der Waals surface area (Å²) in [5.74, 6) is 2.47. The molecule has 3 nitrogen and oxygen atoms in total. The predicted molar refractivity (Wildman–Crippen MR) is 86.4 cm³/mol. The van der Waals surface area contributed by atoms with Gasteiger partial charge < -0.3 is 5.32 Å². The molecule has 4 aliphatic carbocycles. The number of nitrogens with zero attached hydrogens (tertiary/aromatic N) is 1. The Morgan fingerprint density at radius 2 is 1.86 bits per heavy atom. The molecule has 4 aliphatic rings. The van der Waals surface area contributed by atoms with Crippen LogP contribution in [0.15, 0.2) is 36.5 Å². The van der Waals surface area contributed by atoms with E-state index in [2.05, 4.69) is 10.3 Å². The quantitative estimate of drug-likeness (QED) is 0.909. The molecule has 2 atom stereocenters. The maximum atomic E-state index is 13.1. The molecular formula is C19H20N2O. The number of hydrogen-bond acceptors (Lipinski definition) is 2. The van der Waals surface area contributed by atoms with Gasteiger partial charge in [0.1, 0.15) is 0 Å². The number of rotatable bonds is 2. The van der Waals surface area contributed by atoms with Crippen LogP contribution in [0.1, 0.15) is 32.1 Å². The van der Waals surface area contributed by atoms with E-state index in [0.29, 0.717) is 5.92 Å². The SMILES string of the molecule is O=C(Nc1cccc2cccnc12)C12CC3CC(CC1C3)C2. The second-order valence-corrected chi connectivity index (χ2v) is 7.54. The van der Waals surface area contributed by atoms with Crippen LogP contribution in [0.2, 0.25) is 0 Å². The Morgan fingerprint density at radius 3 is 2.68 bits per heavy atom. The van der Waals surface area contributed by atoms with Crippen molar-refractivity contribution in [2.45, 2.75) is 32.1 Å². The molecule has 1 aromatic heterocycles. The Balaban J connectivity index is 1.50. The molecule has 1 heterocycles. The number of para-hydroxylation sites is 1. The van der Waals surface area contributed by atoms with Gasteiger partial charge in [-0.25, -0.2) is 0 Å². The third-order valence-electron chi connectivity index (χ3n) is 6.32. The minimum atomic E-state index is -0.0788. The lowest BCUT2D eigenvalue weighted by molar-refractivity contribution is -0.127. The van der Waals surface area contributed by atoms with Crippen LogP contribution in [0.5, 0.6) is 0 Å². The van der Waals surface area contributed by atoms with Crippen molar-refractivity contribution in [1.29, 1.82) is 0 Å². The van der Waals surface area contributed by atoms with Gasteiger partial charge in [0, 0.05) is 11.6 Å². The van der Waals surface area contributed by atoms with E-state index < -0.39 is 0 Å². The number of anilines is 1. The Kier molecular flexibility index (Phi) is 2.47. The summed E-state index contributed by atoms with van der Waals surface area (Å²) in [6, 6.07) is 9.99. The number of aromatic nitrogens is 1. The predicted octanol–water partition coefficient (Wildman–Crippen LogP) is 4.00. The second kappa shape index (κ2) is 4.31. The fourth-order valence-corrected chi connectivity index (χ4v) is 5.62. The third-order valence-corrected chi connectivity index (χ3v) is 6.32. The van der Waals surface area contributed by atoms with Crippen molar-refractivity contribution >= 4 is 22.5 Å². The molecule has 1 aromatic carbocycles. The van der Waals surface area contributed by atoms with Crippen LogP contribution in [0, 0.1) is 23.2 Å². The van der Waals surface area contributed by atoms with E-state index in [-0.39, 0.29) is 11.3 Å². The normalized spacial score (nSPS) is 35.2. The summed E-state index contributed by atoms with van der Waals surface area (Å²) < 4.78 is 0. The number of fused-ring (bicyclic) bond motifs is 1. The van der Waals surface area contributed by atoms with Crippen LogP contribution in [0.4, 0.5) is 5.69 Å². The molecular weight excluding hydrogens is 272 g/mol. The van der Waals surface area contributed by atoms with Gasteiger partial charge in [-0.1, -0.05) is 18.2 Å². The molecule has 2 unspecified atom stereocenters. The lowest BCUT2D eigenvalue weighted by Crippen LogP contribution is -2.37. The molecule has 0 saturated heterocycles. The summed E-state index contributed by atoms with van der Waals surface area (Å²) in [7, 11) is 0. The van der Waals surface area contributed by atoms with E-state index in [0.717, 1.165) is 41.3 Å². The van der Waals surface area contributed by atoms with Crippen molar-refractivity contribution in [3.8, 4) is 0 Å². The summed E-state index contributed by atoms with van der Waals surface area (Å²) in [5, 5.41) is 4.31. The van der Waals surface area contributed by atoms with Gasteiger partial charge in [0.2, 0.25) is 5.91 Å². The van der Waals surface area contributed by atoms with Crippen molar-refractivity contribution < 1.29 is 4.79 Å². The third kappa shape index (κ3) is 1.62. The summed E-state index contributed by atoms with van der Waals surface area (Å²) in [6.45, 7) is 0. The molecule has 2 aromatic rings. The van der Waals surface area contributed by atoms with Crippen molar-refractivity contribution in [2.24, 2.45) is 23.2 Å². The molecule has 0 radical (unpaired) electrons. The number of carbonyl (C=O) groups excluding carboxylic acids is 1. The lowest BCUT2D eigenvalue weighted by Gasteiger charge is -2.31. The van der Waals surface area contributed by atoms with Gasteiger partial charge in [0.15, 0.2) is 0 Å². The first-order valence-corrected chi connectivity index (χ1v) is 8.40. The molecule has 4 fully saturated rings. The topological polar surface area (TPSA) is 42.0 Å². The van der Waals surface area contributed by atoms with Crippen molar-refractivity contribution in [2.75, 3.05) is 5.32 Å². The Bertz CT molecular complexity index is 750. The van der Waals surface area contributed by atoms with Gasteiger partial charge in [-0.3, -0.25) is 9.78 Å². The maximum absolute atomic E-state index is 13.1. The first-order chi connectivity index (χ1) is 10.7. The summed E-state index contributed by atoms with van der Waals surface area (Å²) in [6.07, 6.45) is 7.92. The number of carbonyl (C=O) groups is 1. The molecule has 0 aliphatic heterocycles. The first kappa shape index (κ1) is 12.6. The molecule has 112 valence electrons. The van der Waals surface area contributed by atoms with E-state index in [4.69, 9.17) is 0 Å². The highest BCUT2D eigenvalue weighted by atomic mass is 16.2. The average molecular weight is 292 g/mol. The van der Waals surface area contributed by atoms with Gasteiger partial charge in [0.25, 0.3) is 0 Å².